The van der Waals surface area contributed by atoms with Gasteiger partial charge in [0.2, 0.25) is 0 Å². The fraction of sp³-hybridized carbons (Fsp3) is 0.667. The van der Waals surface area contributed by atoms with E-state index in [1.807, 2.05) is 6.92 Å². The Hall–Kier alpha value is -0.870. The molecule has 0 spiro atoms. The van der Waals surface area contributed by atoms with Gasteiger partial charge >= 0.3 is 0 Å². The SMILES string of the molecule is CC(CO)C(C)NCc1cnc[nH]1. The Labute approximate surface area is 78.4 Å². The van der Waals surface area contributed by atoms with Crippen molar-refractivity contribution < 1.29 is 5.11 Å². The van der Waals surface area contributed by atoms with Crippen LogP contribution in [0.2, 0.25) is 0 Å². The molecule has 0 fully saturated rings. The van der Waals surface area contributed by atoms with Crippen LogP contribution in [0, 0.1) is 5.92 Å². The molecule has 0 radical (unpaired) electrons. The third kappa shape index (κ3) is 3.16. The Morgan fingerprint density at radius 2 is 2.38 bits per heavy atom. The molecule has 4 nitrogen and oxygen atoms in total. The first-order valence-corrected chi connectivity index (χ1v) is 4.55. The quantitative estimate of drug-likeness (QED) is 0.623. The van der Waals surface area contributed by atoms with Gasteiger partial charge in [-0.05, 0) is 12.8 Å². The fourth-order valence-electron chi connectivity index (χ4n) is 1.01. The Balaban J connectivity index is 2.26. The highest BCUT2D eigenvalue weighted by molar-refractivity contribution is 4.93. The second-order valence-corrected chi connectivity index (χ2v) is 3.41. The van der Waals surface area contributed by atoms with Crippen molar-refractivity contribution in [3.63, 3.8) is 0 Å². The molecule has 1 aromatic heterocycles. The summed E-state index contributed by atoms with van der Waals surface area (Å²) in [4.78, 5) is 6.93. The van der Waals surface area contributed by atoms with Crippen LogP contribution in [0.15, 0.2) is 12.5 Å². The maximum Gasteiger partial charge on any atom is 0.0922 e. The molecular weight excluding hydrogens is 166 g/mol. The lowest BCUT2D eigenvalue weighted by Crippen LogP contribution is -2.33. The highest BCUT2D eigenvalue weighted by atomic mass is 16.3. The smallest absolute Gasteiger partial charge is 0.0922 e. The number of imidazole rings is 1. The summed E-state index contributed by atoms with van der Waals surface area (Å²) in [6, 6.07) is 0.313. The maximum absolute atomic E-state index is 8.90. The van der Waals surface area contributed by atoms with Gasteiger partial charge < -0.3 is 15.4 Å². The van der Waals surface area contributed by atoms with Crippen molar-refractivity contribution in [2.24, 2.45) is 5.92 Å². The van der Waals surface area contributed by atoms with Crippen molar-refractivity contribution in [1.29, 1.82) is 0 Å². The van der Waals surface area contributed by atoms with Gasteiger partial charge in [0.1, 0.15) is 0 Å². The molecule has 2 unspecified atom stereocenters. The number of aliphatic hydroxyl groups is 1. The molecule has 74 valence electrons. The zero-order chi connectivity index (χ0) is 9.68. The van der Waals surface area contributed by atoms with Crippen LogP contribution in [-0.4, -0.2) is 27.7 Å². The minimum atomic E-state index is 0.219. The number of H-pyrrole nitrogens is 1. The highest BCUT2D eigenvalue weighted by Gasteiger charge is 2.09. The number of nitrogens with zero attached hydrogens (tertiary/aromatic N) is 1. The lowest BCUT2D eigenvalue weighted by molar-refractivity contribution is 0.207. The standard InChI is InChI=1S/C9H17N3O/c1-7(5-13)8(2)11-4-9-3-10-6-12-9/h3,6-8,11,13H,4-5H2,1-2H3,(H,10,12). The van der Waals surface area contributed by atoms with Gasteiger partial charge in [0.25, 0.3) is 0 Å². The minimum Gasteiger partial charge on any atom is -0.396 e. The van der Waals surface area contributed by atoms with Gasteiger partial charge in [-0.1, -0.05) is 6.92 Å². The molecule has 4 heteroatoms. The highest BCUT2D eigenvalue weighted by Crippen LogP contribution is 2.01. The fourth-order valence-corrected chi connectivity index (χ4v) is 1.01. The molecule has 3 N–H and O–H groups in total. The molecule has 13 heavy (non-hydrogen) atoms. The summed E-state index contributed by atoms with van der Waals surface area (Å²) >= 11 is 0. The van der Waals surface area contributed by atoms with Crippen LogP contribution in [0.3, 0.4) is 0 Å². The van der Waals surface area contributed by atoms with Crippen molar-refractivity contribution in [2.45, 2.75) is 26.4 Å². The van der Waals surface area contributed by atoms with Crippen LogP contribution in [-0.2, 0) is 6.54 Å². The molecule has 0 aliphatic rings. The van der Waals surface area contributed by atoms with Crippen LogP contribution >= 0.6 is 0 Å². The van der Waals surface area contributed by atoms with Crippen molar-refractivity contribution in [2.75, 3.05) is 6.61 Å². The number of hydrogen-bond acceptors (Lipinski definition) is 3. The number of nitrogens with one attached hydrogen (secondary N) is 2. The molecule has 0 saturated heterocycles. The molecular formula is C9H17N3O. The molecule has 2 atom stereocenters. The molecule has 1 aromatic rings. The van der Waals surface area contributed by atoms with Crippen LogP contribution in [0.25, 0.3) is 0 Å². The second kappa shape index (κ2) is 4.99. The lowest BCUT2D eigenvalue weighted by atomic mass is 10.1. The average Bonchev–Trinajstić information content (AvgIpc) is 2.65. The Morgan fingerprint density at radius 1 is 1.62 bits per heavy atom. The number of aliphatic hydroxyl groups excluding tert-OH is 1. The van der Waals surface area contributed by atoms with Crippen LogP contribution in [0.1, 0.15) is 19.5 Å². The molecule has 0 aromatic carbocycles. The van der Waals surface area contributed by atoms with Crippen molar-refractivity contribution in [3.05, 3.63) is 18.2 Å². The van der Waals surface area contributed by atoms with Crippen LogP contribution in [0.4, 0.5) is 0 Å². The van der Waals surface area contributed by atoms with E-state index in [1.54, 1.807) is 12.5 Å². The van der Waals surface area contributed by atoms with Crippen LogP contribution < -0.4 is 5.32 Å². The predicted molar refractivity (Wildman–Crippen MR) is 51.1 cm³/mol. The van der Waals surface area contributed by atoms with E-state index in [0.717, 1.165) is 12.2 Å². The van der Waals surface area contributed by atoms with Crippen molar-refractivity contribution >= 4 is 0 Å². The third-order valence-electron chi connectivity index (χ3n) is 2.31. The summed E-state index contributed by atoms with van der Waals surface area (Å²) in [5.74, 6) is 0.280. The average molecular weight is 183 g/mol. The third-order valence-corrected chi connectivity index (χ3v) is 2.31. The first-order chi connectivity index (χ1) is 6.24. The van der Waals surface area contributed by atoms with E-state index >= 15 is 0 Å². The molecule has 0 bridgehead atoms. The van der Waals surface area contributed by atoms with Gasteiger partial charge in [0.05, 0.1) is 6.33 Å². The molecule has 1 heterocycles. The van der Waals surface area contributed by atoms with E-state index in [2.05, 4.69) is 22.2 Å². The lowest BCUT2D eigenvalue weighted by Gasteiger charge is -2.18. The van der Waals surface area contributed by atoms with E-state index in [-0.39, 0.29) is 12.5 Å². The van der Waals surface area contributed by atoms with E-state index in [0.29, 0.717) is 6.04 Å². The summed E-state index contributed by atoms with van der Waals surface area (Å²) in [5.41, 5.74) is 1.07. The van der Waals surface area contributed by atoms with Gasteiger partial charge in [-0.15, -0.1) is 0 Å². The van der Waals surface area contributed by atoms with Gasteiger partial charge in [-0.25, -0.2) is 4.98 Å². The normalized spacial score (nSPS) is 15.6. The summed E-state index contributed by atoms with van der Waals surface area (Å²) in [6.07, 6.45) is 3.46. The van der Waals surface area contributed by atoms with E-state index in [4.69, 9.17) is 5.11 Å². The summed E-state index contributed by atoms with van der Waals surface area (Å²) < 4.78 is 0. The topological polar surface area (TPSA) is 60.9 Å². The summed E-state index contributed by atoms with van der Waals surface area (Å²) in [5, 5.41) is 12.2. The molecule has 0 aliphatic heterocycles. The Bertz CT molecular complexity index is 223. The summed E-state index contributed by atoms with van der Waals surface area (Å²) in [7, 11) is 0. The monoisotopic (exact) mass is 183 g/mol. The van der Waals surface area contributed by atoms with Crippen molar-refractivity contribution in [3.8, 4) is 0 Å². The Morgan fingerprint density at radius 3 is 2.92 bits per heavy atom. The van der Waals surface area contributed by atoms with Gasteiger partial charge in [0, 0.05) is 31.1 Å². The minimum absolute atomic E-state index is 0.219. The van der Waals surface area contributed by atoms with Crippen molar-refractivity contribution in [1.82, 2.24) is 15.3 Å². The van der Waals surface area contributed by atoms with E-state index in [1.165, 1.54) is 0 Å². The zero-order valence-electron chi connectivity index (χ0n) is 8.12. The zero-order valence-corrected chi connectivity index (χ0v) is 8.12. The molecule has 0 amide bonds. The van der Waals surface area contributed by atoms with E-state index in [9.17, 15) is 0 Å². The number of rotatable bonds is 5. The number of aromatic amines is 1. The largest absolute Gasteiger partial charge is 0.396 e. The number of hydrogen-bond donors (Lipinski definition) is 3. The van der Waals surface area contributed by atoms with E-state index < -0.39 is 0 Å². The molecule has 0 saturated carbocycles. The maximum atomic E-state index is 8.90. The number of aromatic nitrogens is 2. The molecule has 1 rings (SSSR count). The van der Waals surface area contributed by atoms with Crippen LogP contribution in [0.5, 0.6) is 0 Å². The first kappa shape index (κ1) is 10.2. The molecule has 0 aliphatic carbocycles. The van der Waals surface area contributed by atoms with Gasteiger partial charge in [0.15, 0.2) is 0 Å². The van der Waals surface area contributed by atoms with Gasteiger partial charge in [-0.2, -0.15) is 0 Å². The summed E-state index contributed by atoms with van der Waals surface area (Å²) in [6.45, 7) is 5.07. The first-order valence-electron chi connectivity index (χ1n) is 4.55. The predicted octanol–water partition coefficient (Wildman–Crippen LogP) is 0.516. The van der Waals surface area contributed by atoms with Gasteiger partial charge in [-0.3, -0.25) is 0 Å². The Kier molecular flexibility index (Phi) is 3.92. The second-order valence-electron chi connectivity index (χ2n) is 3.41.